The zero-order chi connectivity index (χ0) is 21.1. The van der Waals surface area contributed by atoms with E-state index in [-0.39, 0.29) is 29.5 Å². The van der Waals surface area contributed by atoms with Crippen molar-refractivity contribution in [2.24, 2.45) is 5.92 Å². The van der Waals surface area contributed by atoms with Gasteiger partial charge in [0.05, 0.1) is 11.4 Å². The molecule has 4 amide bonds. The minimum atomic E-state index is -0.0949. The molecule has 0 aromatic heterocycles. The highest BCUT2D eigenvalue weighted by molar-refractivity contribution is 6.03. The summed E-state index contributed by atoms with van der Waals surface area (Å²) in [7, 11) is 3.20. The number of carbonyl (C=O) groups is 4. The third-order valence-corrected chi connectivity index (χ3v) is 3.94. The summed E-state index contributed by atoms with van der Waals surface area (Å²) in [5, 5.41) is 2.76. The first-order valence-corrected chi connectivity index (χ1v) is 9.12. The van der Waals surface area contributed by atoms with Crippen LogP contribution in [0.2, 0.25) is 0 Å². The van der Waals surface area contributed by atoms with Gasteiger partial charge in [-0.2, -0.15) is 0 Å². The molecule has 1 aromatic carbocycles. The summed E-state index contributed by atoms with van der Waals surface area (Å²) >= 11 is 0. The van der Waals surface area contributed by atoms with Gasteiger partial charge in [0.2, 0.25) is 23.6 Å². The molecule has 0 spiro atoms. The number of imide groups is 1. The van der Waals surface area contributed by atoms with Crippen LogP contribution in [0.3, 0.4) is 0 Å². The van der Waals surface area contributed by atoms with Crippen molar-refractivity contribution in [3.63, 3.8) is 0 Å². The Morgan fingerprint density at radius 1 is 1.22 bits per heavy atom. The summed E-state index contributed by atoms with van der Waals surface area (Å²) < 4.78 is 0. The van der Waals surface area contributed by atoms with Gasteiger partial charge < -0.3 is 10.2 Å². The summed E-state index contributed by atoms with van der Waals surface area (Å²) in [5.74, 6) is -0.349. The zero-order valence-electron chi connectivity index (χ0n) is 17.3. The third kappa shape index (κ3) is 7.21. The van der Waals surface area contributed by atoms with Gasteiger partial charge in [0, 0.05) is 39.8 Å². The van der Waals surface area contributed by atoms with Crippen LogP contribution < -0.4 is 10.2 Å². The molecule has 0 bridgehead atoms. The first-order chi connectivity index (χ1) is 12.7. The van der Waals surface area contributed by atoms with Crippen LogP contribution in [0.15, 0.2) is 24.3 Å². The van der Waals surface area contributed by atoms with Gasteiger partial charge in [-0.05, 0) is 12.1 Å². The number of nitrogens with zero attached hydrogens (tertiary/aromatic N) is 2. The number of para-hydroxylation sites is 2. The van der Waals surface area contributed by atoms with Crippen LogP contribution in [0.4, 0.5) is 11.4 Å². The molecule has 1 aliphatic heterocycles. The van der Waals surface area contributed by atoms with E-state index < -0.39 is 0 Å². The van der Waals surface area contributed by atoms with E-state index in [2.05, 4.69) is 5.32 Å². The molecule has 150 valence electrons. The molecule has 0 aliphatic carbocycles. The number of carbonyl (C=O) groups excluding carboxylic acids is 4. The van der Waals surface area contributed by atoms with Gasteiger partial charge in [-0.25, -0.2) is 0 Å². The molecule has 1 aromatic rings. The third-order valence-electron chi connectivity index (χ3n) is 3.94. The maximum atomic E-state index is 11.3. The number of hydrogen-bond donors (Lipinski definition) is 1. The van der Waals surface area contributed by atoms with E-state index in [0.29, 0.717) is 24.2 Å². The molecule has 1 heterocycles. The van der Waals surface area contributed by atoms with Gasteiger partial charge in [-0.1, -0.05) is 39.8 Å². The summed E-state index contributed by atoms with van der Waals surface area (Å²) in [5.41, 5.74) is 1.36. The van der Waals surface area contributed by atoms with Gasteiger partial charge in [-0.15, -0.1) is 0 Å². The van der Waals surface area contributed by atoms with Crippen LogP contribution in [0.1, 0.15) is 47.5 Å². The first kappa shape index (κ1) is 24.3. The van der Waals surface area contributed by atoms with Crippen LogP contribution in [-0.4, -0.2) is 42.6 Å². The molecule has 1 N–H and O–H groups in total. The molecule has 0 radical (unpaired) electrons. The summed E-state index contributed by atoms with van der Waals surface area (Å²) in [6.07, 6.45) is 0.799. The van der Waals surface area contributed by atoms with Crippen LogP contribution in [0, 0.1) is 5.92 Å². The van der Waals surface area contributed by atoms with Crippen LogP contribution in [0.5, 0.6) is 0 Å². The minimum absolute atomic E-state index is 0.0556. The minimum Gasteiger partial charge on any atom is -0.324 e. The van der Waals surface area contributed by atoms with Gasteiger partial charge in [0.15, 0.2) is 0 Å². The van der Waals surface area contributed by atoms with Crippen molar-refractivity contribution in [1.82, 2.24) is 4.90 Å². The second-order valence-corrected chi connectivity index (χ2v) is 5.89. The molecular formula is C20H31N3O4. The predicted molar refractivity (Wildman–Crippen MR) is 107 cm³/mol. The fourth-order valence-electron chi connectivity index (χ4n) is 2.22. The Bertz CT molecular complexity index is 673. The van der Waals surface area contributed by atoms with E-state index in [1.807, 2.05) is 26.0 Å². The average molecular weight is 377 g/mol. The molecule has 1 aliphatic rings. The number of hydrogen-bond acceptors (Lipinski definition) is 4. The number of likely N-dealkylation sites (tertiary alicyclic amines) is 1. The predicted octanol–water partition coefficient (Wildman–Crippen LogP) is 3.06. The second kappa shape index (κ2) is 11.8. The highest BCUT2D eigenvalue weighted by Crippen LogP contribution is 2.24. The van der Waals surface area contributed by atoms with E-state index in [4.69, 9.17) is 0 Å². The Kier molecular flexibility index (Phi) is 10.6. The van der Waals surface area contributed by atoms with E-state index in [1.54, 1.807) is 33.0 Å². The number of anilines is 2. The Balaban J connectivity index is 0.000000519. The molecule has 1 atom stereocenters. The molecule has 1 unspecified atom stereocenters. The quantitative estimate of drug-likeness (QED) is 0.820. The lowest BCUT2D eigenvalue weighted by Crippen LogP contribution is -2.24. The standard InChI is InChI=1S/C12H16N2O2.C6H9NO2.C2H6/c1-4-12(16)13-10-7-5-6-8-11(10)14(3)9(2)15;1-4-3-5(8)7(2)6(4)9;1-2/h5-8H,4H2,1-3H3,(H,13,16);4H,3H2,1-2H3;1-2H3. The van der Waals surface area contributed by atoms with E-state index in [9.17, 15) is 19.2 Å². The lowest BCUT2D eigenvalue weighted by molar-refractivity contribution is -0.137. The lowest BCUT2D eigenvalue weighted by atomic mass is 10.1. The molecule has 7 heteroatoms. The van der Waals surface area contributed by atoms with Gasteiger partial charge in [0.25, 0.3) is 0 Å². The molecule has 7 nitrogen and oxygen atoms in total. The lowest BCUT2D eigenvalue weighted by Gasteiger charge is -2.19. The molecule has 1 fully saturated rings. The maximum Gasteiger partial charge on any atom is 0.232 e. The van der Waals surface area contributed by atoms with E-state index in [1.165, 1.54) is 23.8 Å². The van der Waals surface area contributed by atoms with Crippen LogP contribution in [0.25, 0.3) is 0 Å². The monoisotopic (exact) mass is 377 g/mol. The Hall–Kier alpha value is -2.70. The fourth-order valence-corrected chi connectivity index (χ4v) is 2.22. The number of benzene rings is 1. The summed E-state index contributed by atoms with van der Waals surface area (Å²) in [4.78, 5) is 46.8. The topological polar surface area (TPSA) is 86.8 Å². The van der Waals surface area contributed by atoms with E-state index >= 15 is 0 Å². The first-order valence-electron chi connectivity index (χ1n) is 9.12. The average Bonchev–Trinajstić information content (AvgIpc) is 2.89. The molecule has 2 rings (SSSR count). The largest absolute Gasteiger partial charge is 0.324 e. The Morgan fingerprint density at radius 2 is 1.78 bits per heavy atom. The van der Waals surface area contributed by atoms with Crippen molar-refractivity contribution in [3.05, 3.63) is 24.3 Å². The number of nitrogens with one attached hydrogen (secondary N) is 1. The van der Waals surface area contributed by atoms with Crippen molar-refractivity contribution >= 4 is 35.0 Å². The maximum absolute atomic E-state index is 11.3. The highest BCUT2D eigenvalue weighted by Gasteiger charge is 2.32. The second-order valence-electron chi connectivity index (χ2n) is 5.89. The smallest absolute Gasteiger partial charge is 0.232 e. The van der Waals surface area contributed by atoms with Crippen LogP contribution >= 0.6 is 0 Å². The normalized spacial score (nSPS) is 15.2. The van der Waals surface area contributed by atoms with Crippen molar-refractivity contribution in [2.75, 3.05) is 24.3 Å². The van der Waals surface area contributed by atoms with Crippen molar-refractivity contribution in [2.45, 2.75) is 47.5 Å². The van der Waals surface area contributed by atoms with Crippen molar-refractivity contribution in [1.29, 1.82) is 0 Å². The van der Waals surface area contributed by atoms with Crippen molar-refractivity contribution in [3.8, 4) is 0 Å². The molecular weight excluding hydrogens is 346 g/mol. The summed E-state index contributed by atoms with van der Waals surface area (Å²) in [6.45, 7) is 9.04. The van der Waals surface area contributed by atoms with Crippen molar-refractivity contribution < 1.29 is 19.2 Å². The Labute approximate surface area is 161 Å². The SMILES string of the molecule is CC.CC1CC(=O)N(C)C1=O.CCC(=O)Nc1ccccc1N(C)C(C)=O. The zero-order valence-corrected chi connectivity index (χ0v) is 17.3. The Morgan fingerprint density at radius 3 is 2.15 bits per heavy atom. The molecule has 27 heavy (non-hydrogen) atoms. The van der Waals surface area contributed by atoms with Gasteiger partial charge >= 0.3 is 0 Å². The summed E-state index contributed by atoms with van der Waals surface area (Å²) in [6, 6.07) is 7.23. The van der Waals surface area contributed by atoms with Crippen LogP contribution in [-0.2, 0) is 19.2 Å². The molecule has 1 saturated heterocycles. The molecule has 0 saturated carbocycles. The number of rotatable bonds is 3. The number of amides is 4. The fraction of sp³-hybridized carbons (Fsp3) is 0.500. The van der Waals surface area contributed by atoms with Gasteiger partial charge in [0.1, 0.15) is 0 Å². The van der Waals surface area contributed by atoms with E-state index in [0.717, 1.165) is 0 Å². The highest BCUT2D eigenvalue weighted by atomic mass is 16.2. The van der Waals surface area contributed by atoms with Gasteiger partial charge in [-0.3, -0.25) is 24.1 Å².